The van der Waals surface area contributed by atoms with Crippen molar-refractivity contribution in [2.75, 3.05) is 30.8 Å². The molecule has 5 aromatic rings. The summed E-state index contributed by atoms with van der Waals surface area (Å²) in [4.78, 5) is 16.9. The summed E-state index contributed by atoms with van der Waals surface area (Å²) in [6.45, 7) is 1.97. The molecule has 1 saturated carbocycles. The molecule has 1 aliphatic carbocycles. The largest absolute Gasteiger partial charge is 0.383 e. The molecule has 42 heavy (non-hydrogen) atoms. The highest BCUT2D eigenvalue weighted by Crippen LogP contribution is 2.39. The zero-order valence-electron chi connectivity index (χ0n) is 23.7. The summed E-state index contributed by atoms with van der Waals surface area (Å²) in [5.41, 5.74) is 20.4. The van der Waals surface area contributed by atoms with Crippen molar-refractivity contribution in [3.63, 3.8) is 0 Å². The smallest absolute Gasteiger partial charge is 0.165 e. The number of aromatic nitrogens is 4. The first-order valence-electron chi connectivity index (χ1n) is 14.4. The van der Waals surface area contributed by atoms with Gasteiger partial charge in [-0.1, -0.05) is 24.3 Å². The van der Waals surface area contributed by atoms with Gasteiger partial charge in [-0.2, -0.15) is 0 Å². The third-order valence-corrected chi connectivity index (χ3v) is 8.81. The van der Waals surface area contributed by atoms with Crippen LogP contribution in [0.4, 0.5) is 11.5 Å². The number of nitrogen functional groups attached to an aromatic ring is 1. The summed E-state index contributed by atoms with van der Waals surface area (Å²) in [6.07, 6.45) is 7.33. The molecule has 2 aliphatic rings. The van der Waals surface area contributed by atoms with Crippen molar-refractivity contribution in [3.8, 4) is 28.3 Å². The van der Waals surface area contributed by atoms with Crippen LogP contribution < -0.4 is 16.4 Å². The quantitative estimate of drug-likeness (QED) is 0.249. The molecule has 216 valence electrons. The number of fused-ring (bicyclic) bond motifs is 1. The van der Waals surface area contributed by atoms with Gasteiger partial charge in [-0.25, -0.2) is 15.0 Å². The molecule has 0 spiro atoms. The molecule has 1 saturated heterocycles. The van der Waals surface area contributed by atoms with Crippen molar-refractivity contribution >= 4 is 35.1 Å². The summed E-state index contributed by atoms with van der Waals surface area (Å²) in [7, 11) is 1.80. The van der Waals surface area contributed by atoms with Crippen LogP contribution in [0.15, 0.2) is 79.0 Å². The van der Waals surface area contributed by atoms with Gasteiger partial charge in [-0.3, -0.25) is 4.57 Å². The Bertz CT molecular complexity index is 1710. The molecule has 1 aliphatic heterocycles. The molecular weight excluding hydrogens is 546 g/mol. The fourth-order valence-corrected chi connectivity index (χ4v) is 6.15. The van der Waals surface area contributed by atoms with Crippen LogP contribution in [0.25, 0.3) is 39.5 Å². The van der Waals surface area contributed by atoms with Crippen molar-refractivity contribution in [1.29, 1.82) is 0 Å². The van der Waals surface area contributed by atoms with E-state index in [2.05, 4.69) is 63.0 Å². The van der Waals surface area contributed by atoms with Gasteiger partial charge in [0.15, 0.2) is 11.5 Å². The Balaban J connectivity index is 0.00000316. The number of methoxy groups -OCH3 is 1. The zero-order valence-corrected chi connectivity index (χ0v) is 24.6. The fraction of sp³-hybridized carbons (Fsp3) is 0.303. The van der Waals surface area contributed by atoms with E-state index in [1.807, 2.05) is 24.3 Å². The number of imidazole rings is 1. The average Bonchev–Trinajstić information content (AvgIpc) is 3.39. The van der Waals surface area contributed by atoms with Crippen LogP contribution in [0.1, 0.15) is 37.7 Å². The van der Waals surface area contributed by atoms with Crippen molar-refractivity contribution < 1.29 is 4.74 Å². The van der Waals surface area contributed by atoms with E-state index in [1.165, 1.54) is 17.7 Å². The Hall–Kier alpha value is -3.98. The molecule has 0 radical (unpaired) electrons. The molecule has 2 fully saturated rings. The third-order valence-electron chi connectivity index (χ3n) is 8.81. The lowest BCUT2D eigenvalue weighted by Crippen LogP contribution is -2.43. The first-order chi connectivity index (χ1) is 20.0. The number of halogens is 1. The van der Waals surface area contributed by atoms with Gasteiger partial charge in [0.05, 0.1) is 17.4 Å². The molecule has 0 bridgehead atoms. The molecule has 7 rings (SSSR count). The van der Waals surface area contributed by atoms with E-state index >= 15 is 0 Å². The molecule has 8 nitrogen and oxygen atoms in total. The Morgan fingerprint density at radius 1 is 0.905 bits per heavy atom. The summed E-state index contributed by atoms with van der Waals surface area (Å²) in [5.74, 6) is 1.14. The molecule has 4 heterocycles. The minimum Gasteiger partial charge on any atom is -0.383 e. The molecule has 4 N–H and O–H groups in total. The van der Waals surface area contributed by atoms with E-state index in [0.29, 0.717) is 17.7 Å². The number of ether oxygens (including phenoxy) is 1. The summed E-state index contributed by atoms with van der Waals surface area (Å²) in [6, 6.07) is 25.1. The third kappa shape index (κ3) is 5.00. The van der Waals surface area contributed by atoms with Crippen LogP contribution in [0.2, 0.25) is 0 Å². The van der Waals surface area contributed by atoms with Gasteiger partial charge in [0.1, 0.15) is 11.3 Å². The normalized spacial score (nSPS) is 16.7. The maximum absolute atomic E-state index is 6.62. The van der Waals surface area contributed by atoms with E-state index in [-0.39, 0.29) is 17.9 Å². The number of anilines is 2. The number of pyridine rings is 2. The van der Waals surface area contributed by atoms with E-state index < -0.39 is 0 Å². The fourth-order valence-electron chi connectivity index (χ4n) is 6.15. The molecule has 3 aromatic heterocycles. The highest BCUT2D eigenvalue weighted by atomic mass is 35.5. The monoisotopic (exact) mass is 581 g/mol. The first-order valence-corrected chi connectivity index (χ1v) is 14.4. The second kappa shape index (κ2) is 11.4. The lowest BCUT2D eigenvalue weighted by molar-refractivity contribution is 0.0819. The number of hydrogen-bond acceptors (Lipinski definition) is 7. The Morgan fingerprint density at radius 3 is 2.38 bits per heavy atom. The van der Waals surface area contributed by atoms with Crippen LogP contribution in [-0.4, -0.2) is 45.8 Å². The van der Waals surface area contributed by atoms with Gasteiger partial charge >= 0.3 is 0 Å². The van der Waals surface area contributed by atoms with E-state index in [1.54, 1.807) is 13.3 Å². The highest BCUT2D eigenvalue weighted by Gasteiger charge is 2.34. The summed E-state index contributed by atoms with van der Waals surface area (Å²) < 4.78 is 7.65. The van der Waals surface area contributed by atoms with Crippen LogP contribution in [0.5, 0.6) is 0 Å². The van der Waals surface area contributed by atoms with Crippen LogP contribution in [-0.2, 0) is 10.3 Å². The maximum Gasteiger partial charge on any atom is 0.165 e. The standard InChI is InChI=1S/C33H35N7O.ClH/c1-41-26-14-19-39(20-15-26)25-6-2-5-22(21-25)28-12-13-29-32(37-28)40(31(38-29)27-7-3-18-36-30(27)34)24-10-8-23(9-11-24)33(35)16-4-17-33;/h2-3,5-13,18,21,26H,4,14-17,19-20,35H2,1H3,(H2,34,36);1H. The van der Waals surface area contributed by atoms with Gasteiger partial charge in [-0.15, -0.1) is 12.4 Å². The molecule has 2 aromatic carbocycles. The second-order valence-corrected chi connectivity index (χ2v) is 11.3. The van der Waals surface area contributed by atoms with Crippen molar-refractivity contribution in [2.24, 2.45) is 5.73 Å². The molecule has 0 atom stereocenters. The van der Waals surface area contributed by atoms with Gasteiger partial charge in [0.25, 0.3) is 0 Å². The number of piperidine rings is 1. The topological polar surface area (TPSA) is 108 Å². The van der Waals surface area contributed by atoms with E-state index in [9.17, 15) is 0 Å². The lowest BCUT2D eigenvalue weighted by atomic mass is 9.73. The second-order valence-electron chi connectivity index (χ2n) is 11.3. The van der Waals surface area contributed by atoms with Crippen molar-refractivity contribution in [3.05, 3.63) is 84.6 Å². The molecule has 9 heteroatoms. The zero-order chi connectivity index (χ0) is 28.0. The summed E-state index contributed by atoms with van der Waals surface area (Å²) >= 11 is 0. The molecular formula is C33H36ClN7O. The van der Waals surface area contributed by atoms with Crippen LogP contribution in [0, 0.1) is 0 Å². The van der Waals surface area contributed by atoms with Crippen molar-refractivity contribution in [2.45, 2.75) is 43.7 Å². The van der Waals surface area contributed by atoms with Gasteiger partial charge < -0.3 is 21.1 Å². The van der Waals surface area contributed by atoms with Crippen LogP contribution in [0.3, 0.4) is 0 Å². The maximum atomic E-state index is 6.62. The van der Waals surface area contributed by atoms with E-state index in [0.717, 1.165) is 72.4 Å². The SMILES string of the molecule is COC1CCN(c2cccc(-c3ccc4nc(-c5cccnc5N)n(-c5ccc(C6(N)CCC6)cc5)c4n3)c2)CC1.Cl. The Kier molecular flexibility index (Phi) is 7.62. The predicted molar refractivity (Wildman–Crippen MR) is 171 cm³/mol. The lowest BCUT2D eigenvalue weighted by Gasteiger charge is -2.38. The summed E-state index contributed by atoms with van der Waals surface area (Å²) in [5, 5.41) is 0. The Morgan fingerprint density at radius 2 is 1.69 bits per heavy atom. The Labute approximate surface area is 252 Å². The van der Waals surface area contributed by atoms with E-state index in [4.69, 9.17) is 26.2 Å². The average molecular weight is 582 g/mol. The molecule has 0 unspecified atom stereocenters. The van der Waals surface area contributed by atoms with Gasteiger partial charge in [-0.05, 0) is 86.2 Å². The van der Waals surface area contributed by atoms with Crippen LogP contribution >= 0.6 is 12.4 Å². The minimum atomic E-state index is -0.221. The molecule has 0 amide bonds. The first kappa shape index (κ1) is 28.2. The predicted octanol–water partition coefficient (Wildman–Crippen LogP) is 6.11. The highest BCUT2D eigenvalue weighted by molar-refractivity contribution is 5.85. The van der Waals surface area contributed by atoms with Crippen molar-refractivity contribution in [1.82, 2.24) is 19.5 Å². The minimum absolute atomic E-state index is 0. The number of rotatable bonds is 6. The number of hydrogen-bond donors (Lipinski definition) is 2. The number of nitrogens with zero attached hydrogens (tertiary/aromatic N) is 5. The number of benzene rings is 2. The van der Waals surface area contributed by atoms with Gasteiger partial charge in [0, 0.05) is 48.9 Å². The number of nitrogens with two attached hydrogens (primary N) is 2. The van der Waals surface area contributed by atoms with Gasteiger partial charge in [0.2, 0.25) is 0 Å².